The molecule has 0 heterocycles. The van der Waals surface area contributed by atoms with E-state index in [2.05, 4.69) is 100 Å². The van der Waals surface area contributed by atoms with Crippen LogP contribution in [0.1, 0.15) is 36.5 Å². The van der Waals surface area contributed by atoms with Gasteiger partial charge in [-0.3, -0.25) is 0 Å². The fourth-order valence-electron chi connectivity index (χ4n) is 2.81. The van der Waals surface area contributed by atoms with Crippen molar-refractivity contribution in [3.63, 3.8) is 0 Å². The highest BCUT2D eigenvalue weighted by atomic mass is 32.2. The van der Waals surface area contributed by atoms with E-state index in [0.717, 1.165) is 0 Å². The first-order valence-electron chi connectivity index (χ1n) is 8.52. The van der Waals surface area contributed by atoms with Gasteiger partial charge in [0.2, 0.25) is 0 Å². The molecule has 0 aliphatic heterocycles. The Morgan fingerprint density at radius 2 is 1.21 bits per heavy atom. The molecule has 1 heteroatoms. The number of hydrogen-bond acceptors (Lipinski definition) is 0. The van der Waals surface area contributed by atoms with E-state index in [1.807, 2.05) is 0 Å². The standard InChI is InChI=1S/C23H25S/c1-17(2)20-10-14-22(15-11-20)24(21-12-8-18(3)9-13-21)23-7-5-6-19(4)16-23/h5-17H,1-4H3/q+1. The largest absolute Gasteiger partial charge is 0.166 e. The van der Waals surface area contributed by atoms with Crippen molar-refractivity contribution in [2.45, 2.75) is 48.3 Å². The molecule has 122 valence electrons. The zero-order chi connectivity index (χ0) is 17.1. The molecule has 0 amide bonds. The van der Waals surface area contributed by atoms with E-state index in [1.54, 1.807) is 0 Å². The van der Waals surface area contributed by atoms with Gasteiger partial charge in [0, 0.05) is 0 Å². The molecule has 0 fully saturated rings. The topological polar surface area (TPSA) is 0 Å². The second-order valence-electron chi connectivity index (χ2n) is 6.66. The first kappa shape index (κ1) is 16.9. The van der Waals surface area contributed by atoms with Gasteiger partial charge in [-0.15, -0.1) is 0 Å². The molecule has 0 aliphatic carbocycles. The fourth-order valence-corrected chi connectivity index (χ4v) is 4.97. The Balaban J connectivity index is 2.09. The third kappa shape index (κ3) is 3.73. The van der Waals surface area contributed by atoms with Crippen LogP contribution in [0.15, 0.2) is 87.5 Å². The predicted molar refractivity (Wildman–Crippen MR) is 105 cm³/mol. The lowest BCUT2D eigenvalue weighted by Gasteiger charge is -2.10. The summed E-state index contributed by atoms with van der Waals surface area (Å²) in [5.41, 5.74) is 4.02. The van der Waals surface area contributed by atoms with Gasteiger partial charge in [0.25, 0.3) is 0 Å². The normalized spacial score (nSPS) is 12.4. The SMILES string of the molecule is Cc1ccc([S+](c2ccc(C(C)C)cc2)c2cccc(C)c2)cc1. The summed E-state index contributed by atoms with van der Waals surface area (Å²) >= 11 is 0. The van der Waals surface area contributed by atoms with Crippen LogP contribution in [0.3, 0.4) is 0 Å². The van der Waals surface area contributed by atoms with Crippen molar-refractivity contribution in [3.8, 4) is 0 Å². The summed E-state index contributed by atoms with van der Waals surface area (Å²) in [5, 5.41) is 0. The van der Waals surface area contributed by atoms with Gasteiger partial charge in [-0.25, -0.2) is 0 Å². The summed E-state index contributed by atoms with van der Waals surface area (Å²) in [6.07, 6.45) is 0. The molecule has 0 spiro atoms. The molecule has 0 nitrogen and oxygen atoms in total. The van der Waals surface area contributed by atoms with E-state index in [4.69, 9.17) is 0 Å². The summed E-state index contributed by atoms with van der Waals surface area (Å²) in [4.78, 5) is 4.15. The minimum Gasteiger partial charge on any atom is -0.0590 e. The van der Waals surface area contributed by atoms with E-state index in [9.17, 15) is 0 Å². The van der Waals surface area contributed by atoms with Crippen molar-refractivity contribution >= 4 is 10.9 Å². The first-order chi connectivity index (χ1) is 11.5. The van der Waals surface area contributed by atoms with Crippen LogP contribution >= 0.6 is 0 Å². The van der Waals surface area contributed by atoms with Crippen molar-refractivity contribution in [3.05, 3.63) is 89.5 Å². The molecular weight excluding hydrogens is 308 g/mol. The third-order valence-electron chi connectivity index (χ3n) is 4.26. The molecule has 24 heavy (non-hydrogen) atoms. The van der Waals surface area contributed by atoms with Crippen molar-refractivity contribution in [2.24, 2.45) is 0 Å². The van der Waals surface area contributed by atoms with E-state index < -0.39 is 0 Å². The summed E-state index contributed by atoms with van der Waals surface area (Å²) in [6, 6.07) is 27.1. The molecule has 0 saturated heterocycles. The minimum atomic E-state index is -0.0547. The molecule has 0 N–H and O–H groups in total. The molecule has 0 saturated carbocycles. The van der Waals surface area contributed by atoms with E-state index in [1.165, 1.54) is 31.4 Å². The average Bonchev–Trinajstić information content (AvgIpc) is 2.57. The van der Waals surface area contributed by atoms with Crippen LogP contribution in [0.25, 0.3) is 0 Å². The van der Waals surface area contributed by atoms with Gasteiger partial charge in [0.1, 0.15) is 0 Å². The Morgan fingerprint density at radius 3 is 1.75 bits per heavy atom. The Labute approximate surface area is 148 Å². The molecule has 1 atom stereocenters. The van der Waals surface area contributed by atoms with Crippen LogP contribution in [0, 0.1) is 13.8 Å². The zero-order valence-electron chi connectivity index (χ0n) is 14.9. The Hall–Kier alpha value is -1.99. The maximum absolute atomic E-state index is 2.32. The maximum Gasteiger partial charge on any atom is 0.166 e. The van der Waals surface area contributed by atoms with Crippen LogP contribution in [-0.2, 0) is 10.9 Å². The smallest absolute Gasteiger partial charge is 0.0590 e. The quantitative estimate of drug-likeness (QED) is 0.477. The third-order valence-corrected chi connectivity index (χ3v) is 6.48. The Morgan fingerprint density at radius 1 is 0.625 bits per heavy atom. The first-order valence-corrected chi connectivity index (χ1v) is 9.74. The lowest BCUT2D eigenvalue weighted by Crippen LogP contribution is -2.05. The van der Waals surface area contributed by atoms with Gasteiger partial charge in [0.15, 0.2) is 14.7 Å². The van der Waals surface area contributed by atoms with Gasteiger partial charge in [-0.05, 0) is 67.3 Å². The highest BCUT2D eigenvalue weighted by molar-refractivity contribution is 7.97. The van der Waals surface area contributed by atoms with E-state index in [-0.39, 0.29) is 10.9 Å². The van der Waals surface area contributed by atoms with Gasteiger partial charge in [0.05, 0.1) is 10.9 Å². The molecule has 3 rings (SSSR count). The molecule has 0 aliphatic rings. The van der Waals surface area contributed by atoms with E-state index >= 15 is 0 Å². The molecule has 0 radical (unpaired) electrons. The lowest BCUT2D eigenvalue weighted by molar-refractivity contribution is 0.864. The molecule has 3 aromatic carbocycles. The van der Waals surface area contributed by atoms with Crippen LogP contribution in [0.2, 0.25) is 0 Å². The van der Waals surface area contributed by atoms with Gasteiger partial charge >= 0.3 is 0 Å². The summed E-state index contributed by atoms with van der Waals surface area (Å²) in [6.45, 7) is 8.80. The Bertz CT molecular complexity index is 798. The van der Waals surface area contributed by atoms with Crippen molar-refractivity contribution < 1.29 is 0 Å². The van der Waals surface area contributed by atoms with Gasteiger partial charge in [-0.1, -0.05) is 55.8 Å². The molecule has 3 aromatic rings. The minimum absolute atomic E-state index is 0.0547. The summed E-state index contributed by atoms with van der Waals surface area (Å²) in [5.74, 6) is 0.569. The second-order valence-corrected chi connectivity index (χ2v) is 8.69. The Kier molecular flexibility index (Phi) is 5.11. The van der Waals surface area contributed by atoms with Crippen LogP contribution in [-0.4, -0.2) is 0 Å². The van der Waals surface area contributed by atoms with E-state index in [0.29, 0.717) is 5.92 Å². The maximum atomic E-state index is 2.32. The fraction of sp³-hybridized carbons (Fsp3) is 0.217. The molecule has 1 unspecified atom stereocenters. The monoisotopic (exact) mass is 333 g/mol. The zero-order valence-corrected chi connectivity index (χ0v) is 15.7. The average molecular weight is 334 g/mol. The lowest BCUT2D eigenvalue weighted by atomic mass is 10.0. The number of aryl methyl sites for hydroxylation is 2. The van der Waals surface area contributed by atoms with Crippen molar-refractivity contribution in [2.75, 3.05) is 0 Å². The van der Waals surface area contributed by atoms with Gasteiger partial charge < -0.3 is 0 Å². The molecular formula is C23H25S+. The van der Waals surface area contributed by atoms with Crippen LogP contribution in [0.4, 0.5) is 0 Å². The van der Waals surface area contributed by atoms with Crippen molar-refractivity contribution in [1.29, 1.82) is 0 Å². The van der Waals surface area contributed by atoms with Crippen LogP contribution < -0.4 is 0 Å². The molecule has 0 bridgehead atoms. The number of hydrogen-bond donors (Lipinski definition) is 0. The van der Waals surface area contributed by atoms with Gasteiger partial charge in [-0.2, -0.15) is 0 Å². The number of benzene rings is 3. The predicted octanol–water partition coefficient (Wildman–Crippen LogP) is 6.52. The second kappa shape index (κ2) is 7.27. The summed E-state index contributed by atoms with van der Waals surface area (Å²) < 4.78 is 0. The highest BCUT2D eigenvalue weighted by Gasteiger charge is 2.28. The van der Waals surface area contributed by atoms with Crippen molar-refractivity contribution in [1.82, 2.24) is 0 Å². The van der Waals surface area contributed by atoms with Crippen LogP contribution in [0.5, 0.6) is 0 Å². The highest BCUT2D eigenvalue weighted by Crippen LogP contribution is 2.32. The summed E-state index contributed by atoms with van der Waals surface area (Å²) in [7, 11) is -0.0547. The number of rotatable bonds is 4. The molecule has 0 aromatic heterocycles.